The summed E-state index contributed by atoms with van der Waals surface area (Å²) in [5.41, 5.74) is 0. The van der Waals surface area contributed by atoms with Gasteiger partial charge in [0.15, 0.2) is 0 Å². The Morgan fingerprint density at radius 3 is 1.56 bits per heavy atom. The topological polar surface area (TPSA) is 142 Å². The SMILES string of the molecule is CCCCCCCCC/C=C\C(CCCCCCC(=O)NCC(=O)NC(CO)C(=O)O)OC(=O)CCCCCCCCCCCCCCCC. The van der Waals surface area contributed by atoms with E-state index >= 15 is 0 Å². The number of rotatable bonds is 37. The quantitative estimate of drug-likeness (QED) is 0.0286. The van der Waals surface area contributed by atoms with Crippen LogP contribution >= 0.6 is 0 Å². The molecule has 0 radical (unpaired) electrons. The third kappa shape index (κ3) is 32.8. The number of hydrogen-bond acceptors (Lipinski definition) is 6. The Hall–Kier alpha value is -2.42. The minimum Gasteiger partial charge on any atom is -0.480 e. The van der Waals surface area contributed by atoms with Gasteiger partial charge < -0.3 is 25.6 Å². The molecule has 0 aromatic heterocycles. The third-order valence-electron chi connectivity index (χ3n) is 9.25. The number of allylic oxidation sites excluding steroid dienone is 1. The molecule has 2 amide bonds. The molecule has 0 aromatic rings. The molecule has 50 heavy (non-hydrogen) atoms. The molecule has 0 fully saturated rings. The summed E-state index contributed by atoms with van der Waals surface area (Å²) in [6, 6.07) is -1.39. The number of carbonyl (C=O) groups excluding carboxylic acids is 3. The van der Waals surface area contributed by atoms with Crippen LogP contribution in [0.1, 0.15) is 200 Å². The third-order valence-corrected chi connectivity index (χ3v) is 9.25. The normalized spacial score (nSPS) is 12.5. The number of carboxylic acids is 1. The molecule has 0 rings (SSSR count). The van der Waals surface area contributed by atoms with Gasteiger partial charge in [0.2, 0.25) is 11.8 Å². The smallest absolute Gasteiger partial charge is 0.328 e. The number of unbranched alkanes of at least 4 members (excludes halogenated alkanes) is 23. The summed E-state index contributed by atoms with van der Waals surface area (Å²) in [6.45, 7) is 3.45. The summed E-state index contributed by atoms with van der Waals surface area (Å²) in [4.78, 5) is 47.5. The molecule has 0 saturated carbocycles. The molecule has 0 aliphatic carbocycles. The van der Waals surface area contributed by atoms with Gasteiger partial charge in [-0.1, -0.05) is 155 Å². The highest BCUT2D eigenvalue weighted by Gasteiger charge is 2.18. The predicted molar refractivity (Wildman–Crippen MR) is 204 cm³/mol. The zero-order chi connectivity index (χ0) is 36.9. The molecule has 292 valence electrons. The number of carboxylic acid groups (broad SMARTS) is 1. The van der Waals surface area contributed by atoms with Gasteiger partial charge >= 0.3 is 11.9 Å². The van der Waals surface area contributed by atoms with Crippen LogP contribution in [0.4, 0.5) is 0 Å². The monoisotopic (exact) mass is 709 g/mol. The summed E-state index contributed by atoms with van der Waals surface area (Å²) < 4.78 is 5.91. The second-order valence-corrected chi connectivity index (χ2v) is 14.1. The Bertz CT molecular complexity index is 864. The van der Waals surface area contributed by atoms with Crippen LogP contribution < -0.4 is 10.6 Å². The van der Waals surface area contributed by atoms with Crippen molar-refractivity contribution < 1.29 is 34.1 Å². The fourth-order valence-corrected chi connectivity index (χ4v) is 6.04. The lowest BCUT2D eigenvalue weighted by Gasteiger charge is -2.15. The molecule has 0 aromatic carbocycles. The second-order valence-electron chi connectivity index (χ2n) is 14.1. The zero-order valence-corrected chi connectivity index (χ0v) is 32.2. The maximum absolute atomic E-state index is 12.7. The molecule has 0 aliphatic heterocycles. The van der Waals surface area contributed by atoms with Crippen molar-refractivity contribution >= 4 is 23.8 Å². The maximum Gasteiger partial charge on any atom is 0.328 e. The van der Waals surface area contributed by atoms with Gasteiger partial charge in [-0.15, -0.1) is 0 Å². The van der Waals surface area contributed by atoms with Crippen molar-refractivity contribution in [2.24, 2.45) is 0 Å². The van der Waals surface area contributed by atoms with E-state index in [1.165, 1.54) is 116 Å². The Kier molecular flexibility index (Phi) is 34.6. The van der Waals surface area contributed by atoms with Gasteiger partial charge in [-0.3, -0.25) is 14.4 Å². The van der Waals surface area contributed by atoms with Crippen molar-refractivity contribution in [3.8, 4) is 0 Å². The van der Waals surface area contributed by atoms with Gasteiger partial charge in [0, 0.05) is 12.8 Å². The van der Waals surface area contributed by atoms with Crippen molar-refractivity contribution in [2.45, 2.75) is 212 Å². The van der Waals surface area contributed by atoms with Crippen molar-refractivity contribution in [1.29, 1.82) is 0 Å². The van der Waals surface area contributed by atoms with E-state index in [9.17, 15) is 19.2 Å². The highest BCUT2D eigenvalue weighted by molar-refractivity contribution is 5.87. The van der Waals surface area contributed by atoms with E-state index in [0.717, 1.165) is 51.4 Å². The first-order chi connectivity index (χ1) is 24.3. The van der Waals surface area contributed by atoms with Gasteiger partial charge in [0.25, 0.3) is 0 Å². The van der Waals surface area contributed by atoms with E-state index in [0.29, 0.717) is 12.8 Å². The molecular weight excluding hydrogens is 632 g/mol. The number of hydrogen-bond donors (Lipinski definition) is 4. The lowest BCUT2D eigenvalue weighted by atomic mass is 10.0. The van der Waals surface area contributed by atoms with Crippen LogP contribution in [0.25, 0.3) is 0 Å². The lowest BCUT2D eigenvalue weighted by molar-refractivity contribution is -0.147. The molecule has 0 aliphatic rings. The number of carbonyl (C=O) groups is 4. The fraction of sp³-hybridized carbons (Fsp3) is 0.854. The van der Waals surface area contributed by atoms with Crippen LogP contribution in [0.5, 0.6) is 0 Å². The number of nitrogens with one attached hydrogen (secondary N) is 2. The van der Waals surface area contributed by atoms with Crippen LogP contribution in [-0.2, 0) is 23.9 Å². The fourth-order valence-electron chi connectivity index (χ4n) is 6.04. The summed E-state index contributed by atoms with van der Waals surface area (Å²) >= 11 is 0. The van der Waals surface area contributed by atoms with Crippen LogP contribution in [-0.4, -0.2) is 59.3 Å². The lowest BCUT2D eigenvalue weighted by Crippen LogP contribution is -2.47. The standard InChI is InChI=1S/C41H76N2O7/c1-3-5-7-9-11-13-14-15-16-17-19-21-23-29-33-40(47)50-36(30-26-22-20-18-12-10-8-6-4-2)31-27-24-25-28-32-38(45)42-34-39(46)43-37(35-44)41(48)49/h26,30,36-37,44H,3-25,27-29,31-35H2,1-2H3,(H,42,45)(H,43,46)(H,48,49)/b30-26-. The average molecular weight is 709 g/mol. The van der Waals surface area contributed by atoms with Crippen LogP contribution in [0.2, 0.25) is 0 Å². The summed E-state index contributed by atoms with van der Waals surface area (Å²) in [6.07, 6.45) is 36.8. The van der Waals surface area contributed by atoms with Crippen molar-refractivity contribution in [1.82, 2.24) is 10.6 Å². The molecule has 2 atom stereocenters. The number of aliphatic carboxylic acids is 1. The van der Waals surface area contributed by atoms with Gasteiger partial charge in [0.1, 0.15) is 12.1 Å². The van der Waals surface area contributed by atoms with E-state index in [1.807, 2.05) is 0 Å². The average Bonchev–Trinajstić information content (AvgIpc) is 3.10. The first-order valence-corrected chi connectivity index (χ1v) is 20.6. The van der Waals surface area contributed by atoms with Crippen LogP contribution in [0.15, 0.2) is 12.2 Å². The molecule has 0 heterocycles. The van der Waals surface area contributed by atoms with E-state index in [4.69, 9.17) is 14.9 Å². The highest BCUT2D eigenvalue weighted by atomic mass is 16.5. The molecule has 9 heteroatoms. The number of amides is 2. The van der Waals surface area contributed by atoms with Crippen molar-refractivity contribution in [2.75, 3.05) is 13.2 Å². The van der Waals surface area contributed by atoms with E-state index in [1.54, 1.807) is 0 Å². The summed E-state index contributed by atoms with van der Waals surface area (Å²) in [5, 5.41) is 22.5. The first-order valence-electron chi connectivity index (χ1n) is 20.6. The molecule has 0 saturated heterocycles. The largest absolute Gasteiger partial charge is 0.480 e. The Balaban J connectivity index is 4.29. The van der Waals surface area contributed by atoms with E-state index < -0.39 is 24.5 Å². The maximum atomic E-state index is 12.7. The van der Waals surface area contributed by atoms with Gasteiger partial charge in [-0.2, -0.15) is 0 Å². The van der Waals surface area contributed by atoms with Crippen molar-refractivity contribution in [3.63, 3.8) is 0 Å². The minimum absolute atomic E-state index is 0.108. The van der Waals surface area contributed by atoms with E-state index in [2.05, 4.69) is 36.6 Å². The van der Waals surface area contributed by atoms with Crippen LogP contribution in [0.3, 0.4) is 0 Å². The number of esters is 1. The molecule has 9 nitrogen and oxygen atoms in total. The Labute approximate surface area is 305 Å². The van der Waals surface area contributed by atoms with Crippen LogP contribution in [0, 0.1) is 0 Å². The Morgan fingerprint density at radius 2 is 1.06 bits per heavy atom. The molecule has 4 N–H and O–H groups in total. The summed E-state index contributed by atoms with van der Waals surface area (Å²) in [5.74, 6) is -2.38. The molecule has 0 spiro atoms. The molecule has 2 unspecified atom stereocenters. The number of aliphatic hydroxyl groups excluding tert-OH is 1. The Morgan fingerprint density at radius 1 is 0.600 bits per heavy atom. The zero-order valence-electron chi connectivity index (χ0n) is 32.2. The van der Waals surface area contributed by atoms with Gasteiger partial charge in [-0.05, 0) is 44.6 Å². The minimum atomic E-state index is -1.39. The first kappa shape index (κ1) is 47.6. The molecule has 0 bridgehead atoms. The predicted octanol–water partition coefficient (Wildman–Crippen LogP) is 9.49. The van der Waals surface area contributed by atoms with Crippen molar-refractivity contribution in [3.05, 3.63) is 12.2 Å². The summed E-state index contributed by atoms with van der Waals surface area (Å²) in [7, 11) is 0. The molecular formula is C41H76N2O7. The highest BCUT2D eigenvalue weighted by Crippen LogP contribution is 2.16. The number of aliphatic hydroxyl groups is 1. The van der Waals surface area contributed by atoms with Gasteiger partial charge in [-0.25, -0.2) is 4.79 Å². The van der Waals surface area contributed by atoms with E-state index in [-0.39, 0.29) is 30.9 Å². The van der Waals surface area contributed by atoms with Gasteiger partial charge in [0.05, 0.1) is 13.2 Å². The number of ether oxygens (including phenoxy) is 1. The second kappa shape index (κ2) is 36.4.